The first-order valence-corrected chi connectivity index (χ1v) is 9.37. The summed E-state index contributed by atoms with van der Waals surface area (Å²) in [5.41, 5.74) is 2.96. The Morgan fingerprint density at radius 3 is 2.46 bits per heavy atom. The highest BCUT2D eigenvalue weighted by molar-refractivity contribution is 5.94. The summed E-state index contributed by atoms with van der Waals surface area (Å²) in [6.45, 7) is 2.89. The van der Waals surface area contributed by atoms with Crippen molar-refractivity contribution >= 4 is 40.3 Å². The van der Waals surface area contributed by atoms with Gasteiger partial charge < -0.3 is 20.0 Å². The molecule has 7 nitrogen and oxygen atoms in total. The van der Waals surface area contributed by atoms with Gasteiger partial charge in [-0.15, -0.1) is 0 Å². The van der Waals surface area contributed by atoms with Crippen LogP contribution in [0, 0.1) is 5.92 Å². The zero-order valence-corrected chi connectivity index (χ0v) is 15.6. The SMILES string of the molecule is CC(=O)Nc1cccc(NC(=O)C2CCN(c3nc4ccccc4o3)CC2)c1. The molecule has 1 saturated heterocycles. The lowest BCUT2D eigenvalue weighted by Crippen LogP contribution is -2.38. The number of anilines is 3. The van der Waals surface area contributed by atoms with Crippen LogP contribution in [0.4, 0.5) is 17.4 Å². The van der Waals surface area contributed by atoms with Gasteiger partial charge in [0.2, 0.25) is 11.8 Å². The number of hydrogen-bond acceptors (Lipinski definition) is 5. The predicted octanol–water partition coefficient (Wildman–Crippen LogP) is 3.64. The quantitative estimate of drug-likeness (QED) is 0.724. The maximum Gasteiger partial charge on any atom is 0.298 e. The van der Waals surface area contributed by atoms with E-state index in [1.165, 1.54) is 6.92 Å². The second-order valence-corrected chi connectivity index (χ2v) is 6.98. The summed E-state index contributed by atoms with van der Waals surface area (Å²) in [6, 6.07) is 15.5. The van der Waals surface area contributed by atoms with Crippen molar-refractivity contribution in [1.29, 1.82) is 0 Å². The molecule has 0 radical (unpaired) electrons. The lowest BCUT2D eigenvalue weighted by atomic mass is 9.96. The molecule has 0 unspecified atom stereocenters. The van der Waals surface area contributed by atoms with Crippen molar-refractivity contribution in [2.24, 2.45) is 5.92 Å². The van der Waals surface area contributed by atoms with Crippen molar-refractivity contribution in [3.63, 3.8) is 0 Å². The van der Waals surface area contributed by atoms with Gasteiger partial charge in [-0.2, -0.15) is 4.98 Å². The van der Waals surface area contributed by atoms with Crippen molar-refractivity contribution < 1.29 is 14.0 Å². The van der Waals surface area contributed by atoms with E-state index in [2.05, 4.69) is 20.5 Å². The Hall–Kier alpha value is -3.35. The molecular weight excluding hydrogens is 356 g/mol. The van der Waals surface area contributed by atoms with Crippen molar-refractivity contribution in [2.75, 3.05) is 28.6 Å². The number of rotatable bonds is 4. The highest BCUT2D eigenvalue weighted by atomic mass is 16.4. The van der Waals surface area contributed by atoms with Crippen LogP contribution in [0.25, 0.3) is 11.1 Å². The molecular formula is C21H22N4O3. The minimum atomic E-state index is -0.143. The van der Waals surface area contributed by atoms with Crippen LogP contribution in [0.1, 0.15) is 19.8 Å². The molecule has 1 aromatic heterocycles. The number of hydrogen-bond donors (Lipinski definition) is 2. The van der Waals surface area contributed by atoms with Crippen LogP contribution in [0.2, 0.25) is 0 Å². The van der Waals surface area contributed by atoms with Crippen molar-refractivity contribution in [1.82, 2.24) is 4.98 Å². The van der Waals surface area contributed by atoms with Crippen molar-refractivity contribution in [3.05, 3.63) is 48.5 Å². The summed E-state index contributed by atoms with van der Waals surface area (Å²) >= 11 is 0. The Bertz CT molecular complexity index is 973. The number of nitrogens with zero attached hydrogens (tertiary/aromatic N) is 2. The van der Waals surface area contributed by atoms with E-state index >= 15 is 0 Å². The molecule has 2 aromatic carbocycles. The predicted molar refractivity (Wildman–Crippen MR) is 108 cm³/mol. The number of carbonyl (C=O) groups is 2. The standard InChI is InChI=1S/C21H22N4O3/c1-14(26)22-16-5-4-6-17(13-16)23-20(27)15-9-11-25(12-10-15)21-24-18-7-2-3-8-19(18)28-21/h2-8,13,15H,9-12H2,1H3,(H,22,26)(H,23,27). The first-order chi connectivity index (χ1) is 13.6. The highest BCUT2D eigenvalue weighted by Crippen LogP contribution is 2.27. The molecule has 0 bridgehead atoms. The lowest BCUT2D eigenvalue weighted by molar-refractivity contribution is -0.120. The maximum atomic E-state index is 12.6. The second kappa shape index (κ2) is 7.72. The largest absolute Gasteiger partial charge is 0.423 e. The van der Waals surface area contributed by atoms with E-state index < -0.39 is 0 Å². The number of fused-ring (bicyclic) bond motifs is 1. The van der Waals surface area contributed by atoms with E-state index in [-0.39, 0.29) is 17.7 Å². The number of benzene rings is 2. The lowest BCUT2D eigenvalue weighted by Gasteiger charge is -2.30. The Morgan fingerprint density at radius 2 is 1.75 bits per heavy atom. The molecule has 0 spiro atoms. The molecule has 144 valence electrons. The van der Waals surface area contributed by atoms with Crippen molar-refractivity contribution in [3.8, 4) is 0 Å². The third-order valence-electron chi connectivity index (χ3n) is 4.87. The minimum Gasteiger partial charge on any atom is -0.423 e. The molecule has 1 aliphatic heterocycles. The summed E-state index contributed by atoms with van der Waals surface area (Å²) in [5, 5.41) is 5.67. The molecule has 7 heteroatoms. The fraction of sp³-hybridized carbons (Fsp3) is 0.286. The molecule has 2 N–H and O–H groups in total. The molecule has 1 fully saturated rings. The number of piperidine rings is 1. The third kappa shape index (κ3) is 3.98. The highest BCUT2D eigenvalue weighted by Gasteiger charge is 2.27. The maximum absolute atomic E-state index is 12.6. The van der Waals surface area contributed by atoms with Gasteiger partial charge in [0.25, 0.3) is 6.01 Å². The number of carbonyl (C=O) groups excluding carboxylic acids is 2. The summed E-state index contributed by atoms with van der Waals surface area (Å²) in [5.74, 6) is -0.211. The number of aromatic nitrogens is 1. The smallest absolute Gasteiger partial charge is 0.298 e. The average molecular weight is 378 g/mol. The second-order valence-electron chi connectivity index (χ2n) is 6.98. The first-order valence-electron chi connectivity index (χ1n) is 9.37. The first kappa shape index (κ1) is 18.0. The van der Waals surface area contributed by atoms with Crippen LogP contribution >= 0.6 is 0 Å². The van der Waals surface area contributed by atoms with E-state index in [1.54, 1.807) is 18.2 Å². The van der Waals surface area contributed by atoms with Crippen LogP contribution < -0.4 is 15.5 Å². The number of nitrogens with one attached hydrogen (secondary N) is 2. The zero-order valence-electron chi connectivity index (χ0n) is 15.6. The topological polar surface area (TPSA) is 87.5 Å². The van der Waals surface area contributed by atoms with Crippen molar-refractivity contribution in [2.45, 2.75) is 19.8 Å². The summed E-state index contributed by atoms with van der Waals surface area (Å²) in [7, 11) is 0. The Balaban J connectivity index is 1.35. The normalized spacial score (nSPS) is 14.8. The summed E-state index contributed by atoms with van der Waals surface area (Å²) in [4.78, 5) is 30.4. The van der Waals surface area contributed by atoms with E-state index in [0.717, 1.165) is 37.0 Å². The molecule has 2 heterocycles. The van der Waals surface area contributed by atoms with E-state index in [1.807, 2.05) is 30.3 Å². The number of oxazole rings is 1. The molecule has 2 amide bonds. The van der Waals surface area contributed by atoms with Gasteiger partial charge in [0.15, 0.2) is 5.58 Å². The molecule has 4 rings (SSSR count). The van der Waals surface area contributed by atoms with Gasteiger partial charge in [-0.25, -0.2) is 0 Å². The monoisotopic (exact) mass is 378 g/mol. The van der Waals surface area contributed by atoms with Crippen LogP contribution in [0.5, 0.6) is 0 Å². The average Bonchev–Trinajstić information content (AvgIpc) is 3.12. The summed E-state index contributed by atoms with van der Waals surface area (Å²) < 4.78 is 5.82. The van der Waals surface area contributed by atoms with E-state index in [9.17, 15) is 9.59 Å². The molecule has 1 aliphatic rings. The fourth-order valence-electron chi connectivity index (χ4n) is 3.45. The minimum absolute atomic E-state index is 0.00260. The van der Waals surface area contributed by atoms with Gasteiger partial charge in [-0.1, -0.05) is 18.2 Å². The zero-order chi connectivity index (χ0) is 19.5. The molecule has 3 aromatic rings. The van der Waals surface area contributed by atoms with Gasteiger partial charge in [0.05, 0.1) is 0 Å². The molecule has 0 saturated carbocycles. The third-order valence-corrected chi connectivity index (χ3v) is 4.87. The Kier molecular flexibility index (Phi) is 4.97. The molecule has 0 atom stereocenters. The van der Waals surface area contributed by atoms with Gasteiger partial charge >= 0.3 is 0 Å². The summed E-state index contributed by atoms with van der Waals surface area (Å²) in [6.07, 6.45) is 1.46. The Labute approximate surface area is 162 Å². The van der Waals surface area contributed by atoms with Gasteiger partial charge in [0, 0.05) is 37.3 Å². The Morgan fingerprint density at radius 1 is 1.04 bits per heavy atom. The molecule has 28 heavy (non-hydrogen) atoms. The van der Waals surface area contributed by atoms with Crippen LogP contribution in [-0.2, 0) is 9.59 Å². The molecule has 0 aliphatic carbocycles. The van der Waals surface area contributed by atoms with Crippen LogP contribution in [-0.4, -0.2) is 29.9 Å². The van der Waals surface area contributed by atoms with Gasteiger partial charge in [0.1, 0.15) is 5.52 Å². The van der Waals surface area contributed by atoms with Gasteiger partial charge in [-0.3, -0.25) is 9.59 Å². The van der Waals surface area contributed by atoms with Crippen LogP contribution in [0.15, 0.2) is 52.9 Å². The number of amides is 2. The van der Waals surface area contributed by atoms with E-state index in [4.69, 9.17) is 4.42 Å². The van der Waals surface area contributed by atoms with E-state index in [0.29, 0.717) is 17.4 Å². The fourth-order valence-corrected chi connectivity index (χ4v) is 3.45. The van der Waals surface area contributed by atoms with Crippen LogP contribution in [0.3, 0.4) is 0 Å². The van der Waals surface area contributed by atoms with Gasteiger partial charge in [-0.05, 0) is 43.2 Å². The number of para-hydroxylation sites is 2.